The van der Waals surface area contributed by atoms with Crippen molar-refractivity contribution in [2.75, 3.05) is 18.0 Å². The number of halogens is 3. The summed E-state index contributed by atoms with van der Waals surface area (Å²) < 4.78 is 47.5. The lowest BCUT2D eigenvalue weighted by molar-refractivity contribution is -0.140. The van der Waals surface area contributed by atoms with Gasteiger partial charge in [0, 0.05) is 12.6 Å². The van der Waals surface area contributed by atoms with Crippen molar-refractivity contribution < 1.29 is 27.1 Å². The van der Waals surface area contributed by atoms with E-state index in [4.69, 9.17) is 27.9 Å². The summed E-state index contributed by atoms with van der Waals surface area (Å²) in [7, 11) is -2.86. The van der Waals surface area contributed by atoms with Crippen molar-refractivity contribution in [3.05, 3.63) is 88.2 Å². The number of benzene rings is 3. The number of carbonyl (C=O) groups is 2. The van der Waals surface area contributed by atoms with Crippen molar-refractivity contribution in [3.8, 4) is 5.75 Å². The minimum Gasteiger partial charge on any atom is -0.497 e. The van der Waals surface area contributed by atoms with E-state index in [1.54, 1.807) is 39.0 Å². The van der Waals surface area contributed by atoms with Crippen molar-refractivity contribution in [1.29, 1.82) is 0 Å². The minimum atomic E-state index is -4.31. The Morgan fingerprint density at radius 1 is 0.976 bits per heavy atom. The van der Waals surface area contributed by atoms with E-state index in [1.807, 2.05) is 0 Å². The van der Waals surface area contributed by atoms with Crippen LogP contribution in [0.5, 0.6) is 5.75 Å². The van der Waals surface area contributed by atoms with Crippen LogP contribution in [0.4, 0.5) is 10.1 Å². The molecular formula is C29H32Cl2FN3O5S. The fourth-order valence-electron chi connectivity index (χ4n) is 4.15. The second-order valence-electron chi connectivity index (χ2n) is 9.52. The molecule has 0 aliphatic rings. The van der Waals surface area contributed by atoms with Gasteiger partial charge in [-0.2, -0.15) is 0 Å². The molecular weight excluding hydrogens is 592 g/mol. The van der Waals surface area contributed by atoms with Gasteiger partial charge in [0.15, 0.2) is 0 Å². The molecule has 1 unspecified atom stereocenters. The Morgan fingerprint density at radius 2 is 1.61 bits per heavy atom. The molecule has 0 aliphatic heterocycles. The highest BCUT2D eigenvalue weighted by atomic mass is 35.5. The predicted octanol–water partition coefficient (Wildman–Crippen LogP) is 5.67. The Balaban J connectivity index is 2.07. The molecule has 0 aromatic heterocycles. The summed E-state index contributed by atoms with van der Waals surface area (Å²) in [5.74, 6) is -1.16. The largest absolute Gasteiger partial charge is 0.497 e. The van der Waals surface area contributed by atoms with E-state index in [2.05, 4.69) is 5.32 Å². The molecule has 41 heavy (non-hydrogen) atoms. The molecule has 1 N–H and O–H groups in total. The topological polar surface area (TPSA) is 96.0 Å². The number of nitrogens with zero attached hydrogens (tertiary/aromatic N) is 2. The van der Waals surface area contributed by atoms with E-state index in [0.717, 1.165) is 16.4 Å². The van der Waals surface area contributed by atoms with Crippen molar-refractivity contribution >= 4 is 50.7 Å². The molecule has 0 aliphatic carbocycles. The van der Waals surface area contributed by atoms with Crippen LogP contribution in [0, 0.1) is 5.82 Å². The molecule has 12 heteroatoms. The first-order valence-corrected chi connectivity index (χ1v) is 15.0. The van der Waals surface area contributed by atoms with E-state index < -0.39 is 34.3 Å². The average Bonchev–Trinajstić information content (AvgIpc) is 2.93. The van der Waals surface area contributed by atoms with Crippen LogP contribution in [-0.4, -0.2) is 50.9 Å². The van der Waals surface area contributed by atoms with Gasteiger partial charge in [0.05, 0.1) is 27.7 Å². The molecule has 1 atom stereocenters. The summed E-state index contributed by atoms with van der Waals surface area (Å²) >= 11 is 12.3. The van der Waals surface area contributed by atoms with Crippen LogP contribution in [0.25, 0.3) is 0 Å². The van der Waals surface area contributed by atoms with Crippen LogP contribution in [0.15, 0.2) is 71.6 Å². The Labute approximate surface area is 250 Å². The number of hydrogen-bond acceptors (Lipinski definition) is 5. The highest BCUT2D eigenvalue weighted by molar-refractivity contribution is 7.92. The monoisotopic (exact) mass is 623 g/mol. The van der Waals surface area contributed by atoms with Gasteiger partial charge in [0.1, 0.15) is 24.2 Å². The third-order valence-corrected chi connectivity index (χ3v) is 8.72. The van der Waals surface area contributed by atoms with Crippen LogP contribution < -0.4 is 14.4 Å². The molecule has 2 amide bonds. The van der Waals surface area contributed by atoms with Crippen molar-refractivity contribution in [3.63, 3.8) is 0 Å². The van der Waals surface area contributed by atoms with E-state index in [9.17, 15) is 22.4 Å². The number of carbonyl (C=O) groups excluding carboxylic acids is 2. The smallest absolute Gasteiger partial charge is 0.264 e. The molecule has 0 saturated carbocycles. The maximum atomic E-state index is 14.0. The number of methoxy groups -OCH3 is 1. The van der Waals surface area contributed by atoms with Crippen molar-refractivity contribution in [2.24, 2.45) is 0 Å². The van der Waals surface area contributed by atoms with Gasteiger partial charge in [-0.05, 0) is 86.5 Å². The molecule has 0 bridgehead atoms. The fourth-order valence-corrected chi connectivity index (χ4v) is 5.88. The number of amides is 2. The SMILES string of the molecule is CCC(C(=O)NC(C)C)N(Cc1ccc(Cl)c(Cl)c1)C(=O)CN(c1ccc(F)cc1)S(=O)(=O)c1ccc(OC)cc1. The number of hydrogen-bond donors (Lipinski definition) is 1. The molecule has 3 rings (SSSR count). The normalized spacial score (nSPS) is 12.1. The zero-order valence-electron chi connectivity index (χ0n) is 23.1. The van der Waals surface area contributed by atoms with Gasteiger partial charge in [-0.15, -0.1) is 0 Å². The maximum absolute atomic E-state index is 14.0. The van der Waals surface area contributed by atoms with Gasteiger partial charge in [0.25, 0.3) is 10.0 Å². The number of ether oxygens (including phenoxy) is 1. The Bertz CT molecular complexity index is 1470. The third kappa shape index (κ3) is 8.12. The van der Waals surface area contributed by atoms with Gasteiger partial charge in [0.2, 0.25) is 11.8 Å². The number of sulfonamides is 1. The maximum Gasteiger partial charge on any atom is 0.264 e. The molecule has 0 radical (unpaired) electrons. The number of rotatable bonds is 12. The summed E-state index contributed by atoms with van der Waals surface area (Å²) in [6.07, 6.45) is 0.257. The third-order valence-electron chi connectivity index (χ3n) is 6.19. The molecule has 0 heterocycles. The fraction of sp³-hybridized carbons (Fsp3) is 0.310. The van der Waals surface area contributed by atoms with Crippen molar-refractivity contribution in [1.82, 2.24) is 10.2 Å². The second-order valence-corrected chi connectivity index (χ2v) is 12.2. The first-order chi connectivity index (χ1) is 19.4. The van der Waals surface area contributed by atoms with E-state index in [0.29, 0.717) is 16.3 Å². The quantitative estimate of drug-likeness (QED) is 0.280. The molecule has 0 fully saturated rings. The zero-order valence-corrected chi connectivity index (χ0v) is 25.4. The lowest BCUT2D eigenvalue weighted by atomic mass is 10.1. The molecule has 8 nitrogen and oxygen atoms in total. The summed E-state index contributed by atoms with van der Waals surface area (Å²) in [5, 5.41) is 3.42. The average molecular weight is 625 g/mol. The Kier molecular flexibility index (Phi) is 11.0. The van der Waals surface area contributed by atoms with Gasteiger partial charge in [-0.3, -0.25) is 13.9 Å². The van der Waals surface area contributed by atoms with Gasteiger partial charge < -0.3 is 15.0 Å². The van der Waals surface area contributed by atoms with Gasteiger partial charge >= 0.3 is 0 Å². The van der Waals surface area contributed by atoms with E-state index in [-0.39, 0.29) is 40.5 Å². The lowest BCUT2D eigenvalue weighted by Gasteiger charge is -2.33. The van der Waals surface area contributed by atoms with Crippen molar-refractivity contribution in [2.45, 2.75) is 50.7 Å². The molecule has 0 spiro atoms. The molecule has 3 aromatic carbocycles. The summed E-state index contributed by atoms with van der Waals surface area (Å²) in [6.45, 7) is 4.65. The first kappa shape index (κ1) is 32.2. The minimum absolute atomic E-state index is 0.0421. The second kappa shape index (κ2) is 14.0. The Morgan fingerprint density at radius 3 is 2.15 bits per heavy atom. The first-order valence-electron chi connectivity index (χ1n) is 12.8. The summed E-state index contributed by atoms with van der Waals surface area (Å²) in [6, 6.07) is 14.2. The zero-order chi connectivity index (χ0) is 30.3. The highest BCUT2D eigenvalue weighted by Gasteiger charge is 2.34. The molecule has 3 aromatic rings. The number of nitrogens with one attached hydrogen (secondary N) is 1. The van der Waals surface area contributed by atoms with E-state index in [1.165, 1.54) is 48.4 Å². The van der Waals surface area contributed by atoms with Crippen LogP contribution in [-0.2, 0) is 26.2 Å². The predicted molar refractivity (Wildman–Crippen MR) is 158 cm³/mol. The summed E-state index contributed by atoms with van der Waals surface area (Å²) in [4.78, 5) is 28.4. The van der Waals surface area contributed by atoms with Crippen LogP contribution in [0.2, 0.25) is 10.0 Å². The standard InChI is InChI=1S/C29H32Cl2FN3O5S/c1-5-27(29(37)33-19(2)3)34(17-20-6-15-25(30)26(31)16-20)28(36)18-35(22-9-7-21(32)8-10-22)41(38,39)24-13-11-23(40-4)12-14-24/h6-16,19,27H,5,17-18H2,1-4H3,(H,33,37). The van der Waals surface area contributed by atoms with Gasteiger partial charge in [-0.1, -0.05) is 36.2 Å². The lowest BCUT2D eigenvalue weighted by Crippen LogP contribution is -2.53. The van der Waals surface area contributed by atoms with Crippen LogP contribution >= 0.6 is 23.2 Å². The highest BCUT2D eigenvalue weighted by Crippen LogP contribution is 2.27. The van der Waals surface area contributed by atoms with Gasteiger partial charge in [-0.25, -0.2) is 12.8 Å². The Hall–Kier alpha value is -3.34. The van der Waals surface area contributed by atoms with Crippen LogP contribution in [0.1, 0.15) is 32.8 Å². The van der Waals surface area contributed by atoms with Crippen LogP contribution in [0.3, 0.4) is 0 Å². The van der Waals surface area contributed by atoms with E-state index >= 15 is 0 Å². The molecule has 0 saturated heterocycles. The summed E-state index contributed by atoms with van der Waals surface area (Å²) in [5.41, 5.74) is 0.666. The molecule has 220 valence electrons. The number of anilines is 1.